The molecule has 0 radical (unpaired) electrons. The second-order valence-corrected chi connectivity index (χ2v) is 9.98. The van der Waals surface area contributed by atoms with Gasteiger partial charge < -0.3 is 20.6 Å². The van der Waals surface area contributed by atoms with Crippen molar-refractivity contribution in [1.82, 2.24) is 15.5 Å². The lowest BCUT2D eigenvalue weighted by atomic mass is 9.81. The maximum absolute atomic E-state index is 13.5. The molecule has 0 bridgehead atoms. The van der Waals surface area contributed by atoms with Crippen molar-refractivity contribution in [3.05, 3.63) is 0 Å². The van der Waals surface area contributed by atoms with E-state index in [2.05, 4.69) is 10.6 Å². The van der Waals surface area contributed by atoms with Crippen LogP contribution in [0.3, 0.4) is 0 Å². The monoisotopic (exact) mass is 437 g/mol. The van der Waals surface area contributed by atoms with E-state index >= 15 is 0 Å². The summed E-state index contributed by atoms with van der Waals surface area (Å²) in [5, 5.41) is 16.0. The quantitative estimate of drug-likeness (QED) is 0.488. The third-order valence-corrected chi connectivity index (χ3v) is 7.19. The number of hydrogen-bond donors (Lipinski definition) is 3. The van der Waals surface area contributed by atoms with Crippen molar-refractivity contribution >= 4 is 17.8 Å². The Labute approximate surface area is 187 Å². The minimum atomic E-state index is -0.992. The lowest BCUT2D eigenvalue weighted by Gasteiger charge is -2.37. The number of nitrogens with one attached hydrogen (secondary N) is 2. The van der Waals surface area contributed by atoms with E-state index in [1.54, 1.807) is 7.05 Å². The van der Waals surface area contributed by atoms with Gasteiger partial charge in [0.05, 0.1) is 6.04 Å². The van der Waals surface area contributed by atoms with E-state index in [4.69, 9.17) is 0 Å². The number of nitrogens with zero attached hydrogens (tertiary/aromatic N) is 1. The predicted octanol–water partition coefficient (Wildman–Crippen LogP) is 3.18. The van der Waals surface area contributed by atoms with Gasteiger partial charge in [-0.25, -0.2) is 4.79 Å². The molecule has 2 aliphatic carbocycles. The molecule has 3 N–H and O–H groups in total. The summed E-state index contributed by atoms with van der Waals surface area (Å²) in [4.78, 5) is 40.0. The normalized spacial score (nSPS) is 21.3. The van der Waals surface area contributed by atoms with Crippen LogP contribution in [0.1, 0.15) is 84.5 Å². The molecule has 31 heavy (non-hydrogen) atoms. The van der Waals surface area contributed by atoms with Gasteiger partial charge in [-0.1, -0.05) is 52.4 Å². The molecule has 0 aliphatic heterocycles. The minimum Gasteiger partial charge on any atom is -0.480 e. The van der Waals surface area contributed by atoms with Crippen molar-refractivity contribution in [3.63, 3.8) is 0 Å². The molecule has 0 aromatic rings. The fourth-order valence-electron chi connectivity index (χ4n) is 5.38. The molecule has 0 saturated heterocycles. The Morgan fingerprint density at radius 2 is 1.39 bits per heavy atom. The molecule has 2 rings (SSSR count). The molecule has 0 aromatic carbocycles. The van der Waals surface area contributed by atoms with Crippen molar-refractivity contribution in [2.45, 2.75) is 103 Å². The fourth-order valence-corrected chi connectivity index (χ4v) is 5.38. The maximum atomic E-state index is 13.5. The number of carboxylic acid groups (broad SMARTS) is 1. The highest BCUT2D eigenvalue weighted by Crippen LogP contribution is 2.30. The lowest BCUT2D eigenvalue weighted by Crippen LogP contribution is -2.59. The molecule has 0 aromatic heterocycles. The van der Waals surface area contributed by atoms with Crippen molar-refractivity contribution in [2.75, 3.05) is 14.1 Å². The third kappa shape index (κ3) is 7.19. The van der Waals surface area contributed by atoms with Gasteiger partial charge in [-0.2, -0.15) is 0 Å². The predicted molar refractivity (Wildman–Crippen MR) is 122 cm³/mol. The summed E-state index contributed by atoms with van der Waals surface area (Å²) in [5.74, 6) is -0.891. The van der Waals surface area contributed by atoms with Gasteiger partial charge in [-0.15, -0.1) is 0 Å². The van der Waals surface area contributed by atoms with Crippen LogP contribution >= 0.6 is 0 Å². The lowest BCUT2D eigenvalue weighted by molar-refractivity contribution is -0.151. The van der Waals surface area contributed by atoms with E-state index in [-0.39, 0.29) is 35.6 Å². The zero-order chi connectivity index (χ0) is 23.0. The number of hydrogen-bond acceptors (Lipinski definition) is 4. The molecule has 2 saturated carbocycles. The summed E-state index contributed by atoms with van der Waals surface area (Å²) in [6.45, 7) is 3.91. The first-order valence-electron chi connectivity index (χ1n) is 12.2. The van der Waals surface area contributed by atoms with E-state index in [0.29, 0.717) is 6.42 Å². The zero-order valence-corrected chi connectivity index (χ0v) is 19.9. The van der Waals surface area contributed by atoms with E-state index < -0.39 is 18.1 Å². The standard InChI is InChI=1S/C24H43N3O4/c1-16(2)15-19(24(30)31)27(4)23(29)21(18-13-9-6-10-14-18)26-22(28)20(25-3)17-11-7-5-8-12-17/h16-21,25H,5-15H2,1-4H3,(H,26,28)(H,30,31)/t19-,20-,21-/m1/s1. The number of amides is 2. The summed E-state index contributed by atoms with van der Waals surface area (Å²) in [5.41, 5.74) is 0. The molecular weight excluding hydrogens is 394 g/mol. The molecule has 2 aliphatic rings. The number of carbonyl (C=O) groups excluding carboxylic acids is 2. The van der Waals surface area contributed by atoms with Crippen molar-refractivity contribution in [2.24, 2.45) is 17.8 Å². The van der Waals surface area contributed by atoms with Crippen LogP contribution < -0.4 is 10.6 Å². The number of rotatable bonds is 10. The van der Waals surface area contributed by atoms with Gasteiger partial charge >= 0.3 is 5.97 Å². The van der Waals surface area contributed by atoms with E-state index in [1.807, 2.05) is 20.9 Å². The summed E-state index contributed by atoms with van der Waals surface area (Å²) in [6.07, 6.45) is 10.9. The van der Waals surface area contributed by atoms with Crippen LogP contribution in [0.4, 0.5) is 0 Å². The van der Waals surface area contributed by atoms with Crippen molar-refractivity contribution < 1.29 is 19.5 Å². The minimum absolute atomic E-state index is 0.0602. The first-order chi connectivity index (χ1) is 14.8. The average Bonchev–Trinajstić information content (AvgIpc) is 2.76. The Balaban J connectivity index is 2.19. The Morgan fingerprint density at radius 3 is 1.81 bits per heavy atom. The summed E-state index contributed by atoms with van der Waals surface area (Å²) >= 11 is 0. The largest absolute Gasteiger partial charge is 0.480 e. The van der Waals surface area contributed by atoms with E-state index in [1.165, 1.54) is 11.3 Å². The van der Waals surface area contributed by atoms with Crippen LogP contribution in [-0.2, 0) is 14.4 Å². The topological polar surface area (TPSA) is 98.7 Å². The van der Waals surface area contributed by atoms with Crippen molar-refractivity contribution in [1.29, 1.82) is 0 Å². The molecule has 178 valence electrons. The Morgan fingerprint density at radius 1 is 0.903 bits per heavy atom. The van der Waals surface area contributed by atoms with Crippen LogP contribution in [-0.4, -0.2) is 60.0 Å². The van der Waals surface area contributed by atoms with E-state index in [0.717, 1.165) is 57.8 Å². The summed E-state index contributed by atoms with van der Waals surface area (Å²) < 4.78 is 0. The summed E-state index contributed by atoms with van der Waals surface area (Å²) in [6, 6.07) is -1.85. The van der Waals surface area contributed by atoms with Crippen LogP contribution in [0, 0.1) is 17.8 Å². The number of carboxylic acids is 1. The SMILES string of the molecule is CN[C@@H](C(=O)N[C@@H](C(=O)N(C)[C@H](CC(C)C)C(=O)O)C1CCCCC1)C1CCCCC1. The Hall–Kier alpha value is -1.63. The van der Waals surface area contributed by atoms with Crippen LogP contribution in [0.25, 0.3) is 0 Å². The summed E-state index contributed by atoms with van der Waals surface area (Å²) in [7, 11) is 3.38. The number of aliphatic carboxylic acids is 1. The van der Waals surface area contributed by atoms with Crippen LogP contribution in [0.15, 0.2) is 0 Å². The molecule has 7 nitrogen and oxygen atoms in total. The molecule has 0 unspecified atom stereocenters. The Kier molecular flexibility index (Phi) is 10.3. The number of likely N-dealkylation sites (N-methyl/N-ethyl adjacent to an activating group) is 2. The van der Waals surface area contributed by atoms with Gasteiger partial charge in [-0.05, 0) is 56.9 Å². The molecular formula is C24H43N3O4. The second kappa shape index (κ2) is 12.4. The average molecular weight is 438 g/mol. The van der Waals surface area contributed by atoms with Gasteiger partial charge in [0.15, 0.2) is 0 Å². The Bertz CT molecular complexity index is 598. The van der Waals surface area contributed by atoms with Gasteiger partial charge in [0.2, 0.25) is 11.8 Å². The first-order valence-corrected chi connectivity index (χ1v) is 12.2. The second-order valence-electron chi connectivity index (χ2n) is 9.98. The molecule has 3 atom stereocenters. The van der Waals surface area contributed by atoms with Gasteiger partial charge in [0, 0.05) is 7.05 Å². The highest BCUT2D eigenvalue weighted by atomic mass is 16.4. The van der Waals surface area contributed by atoms with Gasteiger partial charge in [0.1, 0.15) is 12.1 Å². The van der Waals surface area contributed by atoms with Gasteiger partial charge in [-0.3, -0.25) is 9.59 Å². The van der Waals surface area contributed by atoms with Crippen LogP contribution in [0.5, 0.6) is 0 Å². The highest BCUT2D eigenvalue weighted by Gasteiger charge is 2.39. The molecule has 2 amide bonds. The molecule has 2 fully saturated rings. The fraction of sp³-hybridized carbons (Fsp3) is 0.875. The zero-order valence-electron chi connectivity index (χ0n) is 19.9. The molecule has 7 heteroatoms. The third-order valence-electron chi connectivity index (χ3n) is 7.19. The first kappa shape index (κ1) is 25.6. The molecule has 0 heterocycles. The smallest absolute Gasteiger partial charge is 0.326 e. The van der Waals surface area contributed by atoms with Gasteiger partial charge in [0.25, 0.3) is 0 Å². The van der Waals surface area contributed by atoms with Crippen molar-refractivity contribution in [3.8, 4) is 0 Å². The van der Waals surface area contributed by atoms with Crippen LogP contribution in [0.2, 0.25) is 0 Å². The highest BCUT2D eigenvalue weighted by molar-refractivity contribution is 5.92. The van der Waals surface area contributed by atoms with E-state index in [9.17, 15) is 19.5 Å². The molecule has 0 spiro atoms. The maximum Gasteiger partial charge on any atom is 0.326 e. The number of carbonyl (C=O) groups is 3.